The van der Waals surface area contributed by atoms with Gasteiger partial charge in [-0.1, -0.05) is 13.8 Å². The minimum atomic E-state index is -4.44. The van der Waals surface area contributed by atoms with Crippen LogP contribution in [0.3, 0.4) is 0 Å². The fraction of sp³-hybridized carbons (Fsp3) is 0.417. The van der Waals surface area contributed by atoms with Gasteiger partial charge in [-0.25, -0.2) is 4.79 Å². The lowest BCUT2D eigenvalue weighted by atomic mass is 9.92. The Morgan fingerprint density at radius 2 is 1.70 bits per heavy atom. The van der Waals surface area contributed by atoms with Gasteiger partial charge in [-0.15, -0.1) is 0 Å². The number of rotatable bonds is 5. The summed E-state index contributed by atoms with van der Waals surface area (Å²) in [4.78, 5) is 27.2. The van der Waals surface area contributed by atoms with E-state index in [0.717, 1.165) is 18.6 Å². The quantitative estimate of drug-likeness (QED) is 0.559. The first-order chi connectivity index (χ1) is 15.4. The molecule has 1 aliphatic heterocycles. The molecule has 0 unspecified atom stereocenters. The minimum Gasteiger partial charge on any atom is -0.490 e. The predicted molar refractivity (Wildman–Crippen MR) is 122 cm³/mol. The van der Waals surface area contributed by atoms with Crippen molar-refractivity contribution in [2.24, 2.45) is 11.3 Å². The maximum absolute atomic E-state index is 13.1. The summed E-state index contributed by atoms with van der Waals surface area (Å²) < 4.78 is 44.0. The SMILES string of the molecule is CC(C)CCN1C(=O)C(C)(C)COc2cc(NC(=O)Nc3ccc(C(F)(F)F)cc3)ccc21. The number of ether oxygens (including phenoxy) is 1. The second-order valence-electron chi connectivity index (χ2n) is 9.15. The third-order valence-electron chi connectivity index (χ3n) is 5.32. The maximum Gasteiger partial charge on any atom is 0.416 e. The van der Waals surface area contributed by atoms with Crippen LogP contribution in [0, 0.1) is 11.3 Å². The number of urea groups is 1. The first kappa shape index (κ1) is 24.4. The van der Waals surface area contributed by atoms with Crippen molar-refractivity contribution in [1.82, 2.24) is 0 Å². The molecule has 0 radical (unpaired) electrons. The lowest BCUT2D eigenvalue weighted by Crippen LogP contribution is -2.42. The molecular formula is C24H28F3N3O3. The Morgan fingerprint density at radius 3 is 2.30 bits per heavy atom. The highest BCUT2D eigenvalue weighted by atomic mass is 19.4. The van der Waals surface area contributed by atoms with Crippen LogP contribution in [-0.2, 0) is 11.0 Å². The Hall–Kier alpha value is -3.23. The first-order valence-corrected chi connectivity index (χ1v) is 10.7. The normalized spacial score (nSPS) is 15.5. The van der Waals surface area contributed by atoms with Gasteiger partial charge in [0.05, 0.1) is 16.7 Å². The number of alkyl halides is 3. The molecule has 0 fully saturated rings. The van der Waals surface area contributed by atoms with Gasteiger partial charge in [-0.05, 0) is 62.6 Å². The van der Waals surface area contributed by atoms with E-state index in [1.54, 1.807) is 23.1 Å². The first-order valence-electron chi connectivity index (χ1n) is 10.7. The lowest BCUT2D eigenvalue weighted by molar-refractivity contribution is -0.137. The maximum atomic E-state index is 13.1. The van der Waals surface area contributed by atoms with E-state index in [9.17, 15) is 22.8 Å². The molecule has 2 N–H and O–H groups in total. The molecule has 0 atom stereocenters. The molecule has 2 aromatic carbocycles. The molecule has 6 nitrogen and oxygen atoms in total. The van der Waals surface area contributed by atoms with E-state index in [-0.39, 0.29) is 18.2 Å². The van der Waals surface area contributed by atoms with E-state index in [4.69, 9.17) is 4.74 Å². The van der Waals surface area contributed by atoms with Crippen molar-refractivity contribution < 1.29 is 27.5 Å². The van der Waals surface area contributed by atoms with E-state index in [0.29, 0.717) is 29.6 Å². The molecule has 3 rings (SSSR count). The van der Waals surface area contributed by atoms with Crippen LogP contribution in [0.25, 0.3) is 0 Å². The standard InChI is InChI=1S/C24H28F3N3O3/c1-15(2)11-12-30-19-10-9-18(13-20(19)33-14-23(3,4)21(30)31)29-22(32)28-17-7-5-16(6-8-17)24(25,26)27/h5-10,13,15H,11-12,14H2,1-4H3,(H2,28,29,32). The zero-order chi connectivity index (χ0) is 24.4. The van der Waals surface area contributed by atoms with Crippen molar-refractivity contribution in [3.8, 4) is 5.75 Å². The molecule has 0 aliphatic carbocycles. The fourth-order valence-corrected chi connectivity index (χ4v) is 3.37. The van der Waals surface area contributed by atoms with E-state index >= 15 is 0 Å². The number of halogens is 3. The van der Waals surface area contributed by atoms with Crippen LogP contribution in [-0.4, -0.2) is 25.1 Å². The smallest absolute Gasteiger partial charge is 0.416 e. The summed E-state index contributed by atoms with van der Waals surface area (Å²) >= 11 is 0. The number of amides is 3. The predicted octanol–water partition coefficient (Wildman–Crippen LogP) is 6.15. The van der Waals surface area contributed by atoms with Crippen LogP contribution in [0.4, 0.5) is 35.0 Å². The van der Waals surface area contributed by atoms with E-state index < -0.39 is 23.2 Å². The van der Waals surface area contributed by atoms with Gasteiger partial charge < -0.3 is 20.3 Å². The van der Waals surface area contributed by atoms with Crippen LogP contribution < -0.4 is 20.3 Å². The molecule has 9 heteroatoms. The van der Waals surface area contributed by atoms with E-state index in [1.165, 1.54) is 12.1 Å². The van der Waals surface area contributed by atoms with Crippen molar-refractivity contribution in [2.75, 3.05) is 28.7 Å². The monoisotopic (exact) mass is 463 g/mol. The molecule has 0 aromatic heterocycles. The minimum absolute atomic E-state index is 0.0253. The highest BCUT2D eigenvalue weighted by Crippen LogP contribution is 2.38. The average Bonchev–Trinajstić information content (AvgIpc) is 2.81. The molecule has 0 saturated heterocycles. The molecule has 2 aromatic rings. The number of fused-ring (bicyclic) bond motifs is 1. The van der Waals surface area contributed by atoms with Gasteiger partial charge in [-0.2, -0.15) is 13.2 Å². The second-order valence-corrected chi connectivity index (χ2v) is 9.15. The summed E-state index contributed by atoms with van der Waals surface area (Å²) in [7, 11) is 0. The van der Waals surface area contributed by atoms with Crippen molar-refractivity contribution >= 4 is 29.0 Å². The van der Waals surface area contributed by atoms with Gasteiger partial charge in [0.15, 0.2) is 0 Å². The zero-order valence-corrected chi connectivity index (χ0v) is 19.0. The summed E-state index contributed by atoms with van der Waals surface area (Å²) in [6.07, 6.45) is -3.61. The Labute approximate surface area is 191 Å². The number of benzene rings is 2. The number of hydrogen-bond acceptors (Lipinski definition) is 3. The number of nitrogens with zero attached hydrogens (tertiary/aromatic N) is 1. The molecule has 1 heterocycles. The summed E-state index contributed by atoms with van der Waals surface area (Å²) in [5.74, 6) is 0.871. The molecule has 0 saturated carbocycles. The third-order valence-corrected chi connectivity index (χ3v) is 5.32. The lowest BCUT2D eigenvalue weighted by Gasteiger charge is -2.28. The van der Waals surface area contributed by atoms with Crippen molar-refractivity contribution in [3.63, 3.8) is 0 Å². The van der Waals surface area contributed by atoms with E-state index in [1.807, 2.05) is 13.8 Å². The molecule has 0 spiro atoms. The number of carbonyl (C=O) groups excluding carboxylic acids is 2. The van der Waals surface area contributed by atoms with Crippen molar-refractivity contribution in [1.29, 1.82) is 0 Å². The molecule has 1 aliphatic rings. The number of hydrogen-bond donors (Lipinski definition) is 2. The molecular weight excluding hydrogens is 435 g/mol. The van der Waals surface area contributed by atoms with Crippen LogP contribution in [0.15, 0.2) is 42.5 Å². The Bertz CT molecular complexity index is 1020. The Kier molecular flexibility index (Phi) is 6.90. The largest absolute Gasteiger partial charge is 0.490 e. The topological polar surface area (TPSA) is 70.7 Å². The van der Waals surface area contributed by atoms with Gasteiger partial charge in [0.2, 0.25) is 5.91 Å². The summed E-state index contributed by atoms with van der Waals surface area (Å²) in [5.41, 5.74) is -0.215. The Balaban J connectivity index is 1.75. The van der Waals surface area contributed by atoms with Crippen LogP contribution in [0.1, 0.15) is 39.7 Å². The molecule has 178 valence electrons. The van der Waals surface area contributed by atoms with Gasteiger partial charge in [0, 0.05) is 24.0 Å². The summed E-state index contributed by atoms with van der Waals surface area (Å²) in [6, 6.07) is 8.57. The second kappa shape index (κ2) is 9.33. The highest BCUT2D eigenvalue weighted by Gasteiger charge is 2.37. The highest BCUT2D eigenvalue weighted by molar-refractivity contribution is 6.02. The molecule has 0 bridgehead atoms. The van der Waals surface area contributed by atoms with Crippen molar-refractivity contribution in [2.45, 2.75) is 40.3 Å². The number of carbonyl (C=O) groups is 2. The van der Waals surface area contributed by atoms with Crippen molar-refractivity contribution in [3.05, 3.63) is 48.0 Å². The summed E-state index contributed by atoms with van der Waals surface area (Å²) in [6.45, 7) is 8.59. The number of nitrogens with one attached hydrogen (secondary N) is 2. The number of anilines is 3. The van der Waals surface area contributed by atoms with Crippen LogP contribution in [0.2, 0.25) is 0 Å². The zero-order valence-electron chi connectivity index (χ0n) is 19.0. The Morgan fingerprint density at radius 1 is 1.09 bits per heavy atom. The van der Waals surface area contributed by atoms with Crippen LogP contribution >= 0.6 is 0 Å². The van der Waals surface area contributed by atoms with Crippen LogP contribution in [0.5, 0.6) is 5.75 Å². The van der Waals surface area contributed by atoms with E-state index in [2.05, 4.69) is 24.5 Å². The molecule has 3 amide bonds. The fourth-order valence-electron chi connectivity index (χ4n) is 3.37. The van der Waals surface area contributed by atoms with Gasteiger partial charge in [0.1, 0.15) is 12.4 Å². The van der Waals surface area contributed by atoms with Gasteiger partial charge in [0.25, 0.3) is 0 Å². The van der Waals surface area contributed by atoms with Gasteiger partial charge in [-0.3, -0.25) is 4.79 Å². The third kappa shape index (κ3) is 5.97. The van der Waals surface area contributed by atoms with Gasteiger partial charge >= 0.3 is 12.2 Å². The average molecular weight is 464 g/mol. The molecule has 33 heavy (non-hydrogen) atoms. The summed E-state index contributed by atoms with van der Waals surface area (Å²) in [5, 5.41) is 5.15.